The lowest BCUT2D eigenvalue weighted by molar-refractivity contribution is -0.139. The SMILES string of the molecule is Cc1cn(C(=O)c2c(Cl)ncc(CN3CCC(CC(=O)O)CC3)c2Cl)c2c(C)cc(C(F)(F)F)cc12. The molecule has 6 nitrogen and oxygen atoms in total. The van der Waals surface area contributed by atoms with E-state index in [9.17, 15) is 22.8 Å². The van der Waals surface area contributed by atoms with Crippen LogP contribution in [-0.4, -0.2) is 44.5 Å². The van der Waals surface area contributed by atoms with E-state index in [2.05, 4.69) is 9.88 Å². The lowest BCUT2D eigenvalue weighted by Crippen LogP contribution is -2.34. The van der Waals surface area contributed by atoms with Crippen LogP contribution >= 0.6 is 23.2 Å². The van der Waals surface area contributed by atoms with Gasteiger partial charge in [0.1, 0.15) is 5.15 Å². The summed E-state index contributed by atoms with van der Waals surface area (Å²) >= 11 is 12.9. The maximum Gasteiger partial charge on any atom is 0.416 e. The first-order valence-corrected chi connectivity index (χ1v) is 12.1. The predicted octanol–water partition coefficient (Wildman–Crippen LogP) is 6.35. The van der Waals surface area contributed by atoms with E-state index in [1.165, 1.54) is 23.9 Å². The van der Waals surface area contributed by atoms with Crippen molar-refractivity contribution < 1.29 is 27.9 Å². The maximum atomic E-state index is 13.6. The van der Waals surface area contributed by atoms with Crippen LogP contribution in [0, 0.1) is 19.8 Å². The van der Waals surface area contributed by atoms with Crippen LogP contribution in [0.2, 0.25) is 10.2 Å². The third kappa shape index (κ3) is 5.23. The average molecular weight is 542 g/mol. The minimum Gasteiger partial charge on any atom is -0.481 e. The van der Waals surface area contributed by atoms with Crippen LogP contribution in [0.1, 0.15) is 51.9 Å². The van der Waals surface area contributed by atoms with Gasteiger partial charge in [-0.25, -0.2) is 4.98 Å². The smallest absolute Gasteiger partial charge is 0.416 e. The molecule has 0 bridgehead atoms. The highest BCUT2D eigenvalue weighted by atomic mass is 35.5. The molecule has 0 amide bonds. The monoisotopic (exact) mass is 541 g/mol. The average Bonchev–Trinajstić information content (AvgIpc) is 3.13. The molecule has 3 heterocycles. The van der Waals surface area contributed by atoms with Crippen molar-refractivity contribution in [3.8, 4) is 0 Å². The molecule has 1 N–H and O–H groups in total. The lowest BCUT2D eigenvalue weighted by atomic mass is 9.93. The molecule has 36 heavy (non-hydrogen) atoms. The largest absolute Gasteiger partial charge is 0.481 e. The van der Waals surface area contributed by atoms with Crippen LogP contribution in [0.3, 0.4) is 0 Å². The molecule has 1 aromatic carbocycles. The normalized spacial score (nSPS) is 15.5. The first kappa shape index (κ1) is 26.4. The van der Waals surface area contributed by atoms with Gasteiger partial charge in [-0.15, -0.1) is 0 Å². The predicted molar refractivity (Wildman–Crippen MR) is 131 cm³/mol. The zero-order valence-electron chi connectivity index (χ0n) is 19.6. The molecule has 192 valence electrons. The fourth-order valence-electron chi connectivity index (χ4n) is 4.81. The Bertz CT molecular complexity index is 1350. The molecular formula is C25H24Cl2F3N3O3. The molecule has 1 aliphatic rings. The Kier molecular flexibility index (Phi) is 7.37. The highest BCUT2D eigenvalue weighted by Gasteiger charge is 2.32. The van der Waals surface area contributed by atoms with Gasteiger partial charge in [0.05, 0.1) is 21.7 Å². The fourth-order valence-corrected chi connectivity index (χ4v) is 5.36. The Balaban J connectivity index is 1.65. The van der Waals surface area contributed by atoms with Gasteiger partial charge in [-0.05, 0) is 69.0 Å². The third-order valence-corrected chi connectivity index (χ3v) is 7.37. The van der Waals surface area contributed by atoms with Gasteiger partial charge in [0.15, 0.2) is 0 Å². The number of carboxylic acid groups (broad SMARTS) is 1. The number of fused-ring (bicyclic) bond motifs is 1. The third-order valence-electron chi connectivity index (χ3n) is 6.65. The van der Waals surface area contributed by atoms with E-state index in [0.29, 0.717) is 47.2 Å². The molecule has 4 rings (SSSR count). The quantitative estimate of drug-likeness (QED) is 0.380. The lowest BCUT2D eigenvalue weighted by Gasteiger charge is -2.31. The number of benzene rings is 1. The molecule has 0 aliphatic carbocycles. The molecule has 0 spiro atoms. The number of pyridine rings is 1. The van der Waals surface area contributed by atoms with Crippen molar-refractivity contribution in [3.63, 3.8) is 0 Å². The molecule has 1 saturated heterocycles. The molecule has 0 radical (unpaired) electrons. The van der Waals surface area contributed by atoms with Crippen molar-refractivity contribution in [2.45, 2.75) is 45.8 Å². The van der Waals surface area contributed by atoms with Crippen LogP contribution in [0.4, 0.5) is 13.2 Å². The highest BCUT2D eigenvalue weighted by molar-refractivity contribution is 6.39. The van der Waals surface area contributed by atoms with E-state index in [0.717, 1.165) is 25.0 Å². The fraction of sp³-hybridized carbons (Fsp3) is 0.400. The summed E-state index contributed by atoms with van der Waals surface area (Å²) in [7, 11) is 0. The summed E-state index contributed by atoms with van der Waals surface area (Å²) in [5, 5.41) is 9.36. The Labute approximate surface area is 215 Å². The second-order valence-corrected chi connectivity index (χ2v) is 9.99. The van der Waals surface area contributed by atoms with Gasteiger partial charge in [-0.3, -0.25) is 19.1 Å². The molecular weight excluding hydrogens is 518 g/mol. The number of aryl methyl sites for hydroxylation is 2. The highest BCUT2D eigenvalue weighted by Crippen LogP contribution is 2.36. The topological polar surface area (TPSA) is 75.4 Å². The van der Waals surface area contributed by atoms with Crippen molar-refractivity contribution in [1.29, 1.82) is 0 Å². The number of aliphatic carboxylic acids is 1. The first-order valence-electron chi connectivity index (χ1n) is 11.4. The number of alkyl halides is 3. The van der Waals surface area contributed by atoms with Gasteiger partial charge in [0.2, 0.25) is 0 Å². The number of piperidine rings is 1. The van der Waals surface area contributed by atoms with Crippen molar-refractivity contribution in [2.24, 2.45) is 5.92 Å². The number of halogens is 5. The zero-order chi connectivity index (χ0) is 26.4. The maximum absolute atomic E-state index is 13.6. The van der Waals surface area contributed by atoms with Gasteiger partial charge < -0.3 is 5.11 Å². The summed E-state index contributed by atoms with van der Waals surface area (Å²) in [6.45, 7) is 4.93. The van der Waals surface area contributed by atoms with E-state index in [-0.39, 0.29) is 28.1 Å². The van der Waals surface area contributed by atoms with Crippen LogP contribution in [-0.2, 0) is 17.5 Å². The molecule has 0 unspecified atom stereocenters. The molecule has 2 aromatic heterocycles. The number of hydrogen-bond acceptors (Lipinski definition) is 4. The summed E-state index contributed by atoms with van der Waals surface area (Å²) in [6, 6.07) is 2.05. The summed E-state index contributed by atoms with van der Waals surface area (Å²) < 4.78 is 41.3. The Morgan fingerprint density at radius 1 is 1.14 bits per heavy atom. The molecule has 3 aromatic rings. The number of nitrogens with zero attached hydrogens (tertiary/aromatic N) is 3. The number of rotatable bonds is 5. The van der Waals surface area contributed by atoms with Gasteiger partial charge in [-0.1, -0.05) is 23.2 Å². The van der Waals surface area contributed by atoms with Gasteiger partial charge >= 0.3 is 12.1 Å². The van der Waals surface area contributed by atoms with Gasteiger partial charge in [0, 0.05) is 36.3 Å². The number of carbonyl (C=O) groups excluding carboxylic acids is 1. The number of aromatic nitrogens is 2. The molecule has 0 atom stereocenters. The molecule has 1 aliphatic heterocycles. The Morgan fingerprint density at radius 2 is 1.81 bits per heavy atom. The van der Waals surface area contributed by atoms with Crippen LogP contribution in [0.5, 0.6) is 0 Å². The standard InChI is InChI=1S/C25H24Cl2F3N3O3/c1-13-7-17(25(28,29)30)9-18-14(2)11-33(22(13)18)24(36)20-21(26)16(10-31-23(20)27)12-32-5-3-15(4-6-32)8-19(34)35/h7,9-11,15H,3-6,8,12H2,1-2H3,(H,34,35). The van der Waals surface area contributed by atoms with E-state index in [1.54, 1.807) is 6.92 Å². The summed E-state index contributed by atoms with van der Waals surface area (Å²) in [6.07, 6.45) is 0.0980. The first-order chi connectivity index (χ1) is 16.9. The van der Waals surface area contributed by atoms with E-state index in [4.69, 9.17) is 28.3 Å². The molecule has 1 fully saturated rings. The Morgan fingerprint density at radius 3 is 2.42 bits per heavy atom. The molecule has 11 heteroatoms. The summed E-state index contributed by atoms with van der Waals surface area (Å²) in [5.74, 6) is -1.26. The minimum atomic E-state index is -4.51. The second kappa shape index (κ2) is 10.0. The van der Waals surface area contributed by atoms with Crippen molar-refractivity contribution >= 4 is 46.0 Å². The second-order valence-electron chi connectivity index (χ2n) is 9.25. The van der Waals surface area contributed by atoms with Crippen molar-refractivity contribution in [2.75, 3.05) is 13.1 Å². The van der Waals surface area contributed by atoms with Gasteiger partial charge in [-0.2, -0.15) is 13.2 Å². The van der Waals surface area contributed by atoms with E-state index in [1.807, 2.05) is 0 Å². The Hall–Kier alpha value is -2.62. The van der Waals surface area contributed by atoms with Crippen LogP contribution in [0.15, 0.2) is 24.5 Å². The summed E-state index contributed by atoms with van der Waals surface area (Å²) in [4.78, 5) is 30.8. The number of likely N-dealkylation sites (tertiary alicyclic amines) is 1. The van der Waals surface area contributed by atoms with Crippen LogP contribution < -0.4 is 0 Å². The zero-order valence-corrected chi connectivity index (χ0v) is 21.1. The molecule has 0 saturated carbocycles. The number of carbonyl (C=O) groups is 2. The van der Waals surface area contributed by atoms with Crippen LogP contribution in [0.25, 0.3) is 10.9 Å². The van der Waals surface area contributed by atoms with Crippen molar-refractivity contribution in [1.82, 2.24) is 14.5 Å². The van der Waals surface area contributed by atoms with E-state index < -0.39 is 23.6 Å². The number of hydrogen-bond donors (Lipinski definition) is 1. The van der Waals surface area contributed by atoms with Gasteiger partial charge in [0.25, 0.3) is 5.91 Å². The minimum absolute atomic E-state index is 0.0206. The van der Waals surface area contributed by atoms with E-state index >= 15 is 0 Å². The van der Waals surface area contributed by atoms with Crippen molar-refractivity contribution in [3.05, 3.63) is 62.5 Å². The number of carboxylic acids is 1. The summed E-state index contributed by atoms with van der Waals surface area (Å²) in [5.41, 5.74) is 0.935.